The summed E-state index contributed by atoms with van der Waals surface area (Å²) in [5.74, 6) is -0.988. The number of hydrogen-bond donors (Lipinski definition) is 1. The van der Waals surface area contributed by atoms with Crippen LogP contribution in [0.15, 0.2) is 16.8 Å². The number of carboxylic acid groups (broad SMARTS) is 1. The molecule has 3 heterocycles. The highest BCUT2D eigenvalue weighted by molar-refractivity contribution is 7.07. The number of nitrogens with zero attached hydrogens (tertiary/aromatic N) is 2. The molecule has 1 spiro atoms. The van der Waals surface area contributed by atoms with Crippen LogP contribution in [-0.4, -0.2) is 52.5 Å². The Morgan fingerprint density at radius 2 is 2.14 bits per heavy atom. The van der Waals surface area contributed by atoms with Crippen molar-refractivity contribution in [3.63, 3.8) is 0 Å². The van der Waals surface area contributed by atoms with Crippen molar-refractivity contribution >= 4 is 23.2 Å². The van der Waals surface area contributed by atoms with Gasteiger partial charge >= 0.3 is 5.97 Å². The zero-order chi connectivity index (χ0) is 15.7. The Morgan fingerprint density at radius 1 is 1.41 bits per heavy atom. The summed E-state index contributed by atoms with van der Waals surface area (Å²) in [6.45, 7) is 5.01. The van der Waals surface area contributed by atoms with E-state index in [9.17, 15) is 14.7 Å². The van der Waals surface area contributed by atoms with Crippen LogP contribution in [0.5, 0.6) is 0 Å². The molecule has 1 aromatic heterocycles. The number of hydrogen-bond acceptors (Lipinski definition) is 4. The molecule has 0 unspecified atom stereocenters. The Labute approximate surface area is 134 Å². The third-order valence-corrected chi connectivity index (χ3v) is 5.83. The molecular formula is C16H22N2O3S. The lowest BCUT2D eigenvalue weighted by molar-refractivity contribution is -0.147. The van der Waals surface area contributed by atoms with Crippen LogP contribution in [0.2, 0.25) is 0 Å². The van der Waals surface area contributed by atoms with E-state index < -0.39 is 12.0 Å². The lowest BCUT2D eigenvalue weighted by Gasteiger charge is -2.39. The molecule has 0 bridgehead atoms. The van der Waals surface area contributed by atoms with Gasteiger partial charge in [0.1, 0.15) is 6.04 Å². The second kappa shape index (κ2) is 6.01. The Bertz CT molecular complexity index is 526. The standard InChI is InChI=1S/C16H22N2O3S/c1-12(19)18-11-16(8-14(18)15(20)21)3-5-17(6-4-16)9-13-2-7-22-10-13/h2,7,10,14H,3-6,8-9,11H2,1H3,(H,20,21)/t14-/m1/s1. The number of carbonyl (C=O) groups excluding carboxylic acids is 1. The van der Waals surface area contributed by atoms with Crippen LogP contribution in [0, 0.1) is 5.41 Å². The fourth-order valence-electron chi connectivity index (χ4n) is 3.80. The average molecular weight is 322 g/mol. The largest absolute Gasteiger partial charge is 0.480 e. The Kier molecular flexibility index (Phi) is 4.23. The van der Waals surface area contributed by atoms with Gasteiger partial charge in [-0.05, 0) is 60.2 Å². The van der Waals surface area contributed by atoms with Crippen molar-refractivity contribution in [3.8, 4) is 0 Å². The van der Waals surface area contributed by atoms with E-state index in [0.717, 1.165) is 32.5 Å². The molecule has 0 saturated carbocycles. The van der Waals surface area contributed by atoms with Crippen molar-refractivity contribution in [2.45, 2.75) is 38.8 Å². The number of amides is 1. The van der Waals surface area contributed by atoms with E-state index in [4.69, 9.17) is 0 Å². The molecule has 1 N–H and O–H groups in total. The van der Waals surface area contributed by atoms with Crippen LogP contribution in [0.25, 0.3) is 0 Å². The van der Waals surface area contributed by atoms with Crippen LogP contribution in [0.4, 0.5) is 0 Å². The maximum Gasteiger partial charge on any atom is 0.326 e. The summed E-state index contributed by atoms with van der Waals surface area (Å²) in [5.41, 5.74) is 1.35. The molecule has 3 rings (SSSR count). The molecule has 5 nitrogen and oxygen atoms in total. The predicted molar refractivity (Wildman–Crippen MR) is 84.7 cm³/mol. The highest BCUT2D eigenvalue weighted by Gasteiger charge is 2.48. The normalized spacial score (nSPS) is 24.8. The summed E-state index contributed by atoms with van der Waals surface area (Å²) in [6, 6.07) is 1.52. The number of aliphatic carboxylic acids is 1. The Balaban J connectivity index is 1.62. The minimum absolute atomic E-state index is 0.000126. The van der Waals surface area contributed by atoms with Gasteiger partial charge in [-0.15, -0.1) is 0 Å². The van der Waals surface area contributed by atoms with E-state index in [1.165, 1.54) is 12.5 Å². The quantitative estimate of drug-likeness (QED) is 0.925. The Morgan fingerprint density at radius 3 is 2.64 bits per heavy atom. The molecule has 1 amide bonds. The van der Waals surface area contributed by atoms with Gasteiger partial charge in [0.2, 0.25) is 5.91 Å². The zero-order valence-corrected chi connectivity index (χ0v) is 13.6. The average Bonchev–Trinajstić information content (AvgIpc) is 3.10. The topological polar surface area (TPSA) is 60.9 Å². The number of carboxylic acids is 1. The molecule has 1 atom stereocenters. The third kappa shape index (κ3) is 3.03. The van der Waals surface area contributed by atoms with Crippen LogP contribution < -0.4 is 0 Å². The first-order chi connectivity index (χ1) is 10.5. The molecule has 120 valence electrons. The molecule has 2 saturated heterocycles. The second-order valence-corrected chi connectivity index (χ2v) is 7.39. The summed E-state index contributed by atoms with van der Waals surface area (Å²) in [7, 11) is 0. The summed E-state index contributed by atoms with van der Waals surface area (Å²) in [5, 5.41) is 13.6. The van der Waals surface area contributed by atoms with Gasteiger partial charge in [-0.3, -0.25) is 9.69 Å². The van der Waals surface area contributed by atoms with Crippen molar-refractivity contribution < 1.29 is 14.7 Å². The lowest BCUT2D eigenvalue weighted by atomic mass is 9.76. The van der Waals surface area contributed by atoms with Gasteiger partial charge in [-0.25, -0.2) is 4.79 Å². The van der Waals surface area contributed by atoms with E-state index >= 15 is 0 Å². The van der Waals surface area contributed by atoms with Gasteiger partial charge in [0.25, 0.3) is 0 Å². The molecule has 6 heteroatoms. The lowest BCUT2D eigenvalue weighted by Crippen LogP contribution is -2.42. The first kappa shape index (κ1) is 15.5. The van der Waals surface area contributed by atoms with Gasteiger partial charge < -0.3 is 10.0 Å². The minimum Gasteiger partial charge on any atom is -0.480 e. The molecule has 1 aromatic rings. The van der Waals surface area contributed by atoms with Gasteiger partial charge in [0, 0.05) is 20.0 Å². The van der Waals surface area contributed by atoms with E-state index in [0.29, 0.717) is 13.0 Å². The minimum atomic E-state index is -0.868. The van der Waals surface area contributed by atoms with Gasteiger partial charge in [0.15, 0.2) is 0 Å². The molecule has 22 heavy (non-hydrogen) atoms. The number of thiophene rings is 1. The second-order valence-electron chi connectivity index (χ2n) is 6.61. The van der Waals surface area contributed by atoms with Crippen molar-refractivity contribution in [1.82, 2.24) is 9.80 Å². The SMILES string of the molecule is CC(=O)N1CC2(CCN(Cc3ccsc3)CC2)C[C@@H]1C(=O)O. The number of rotatable bonds is 3. The number of carbonyl (C=O) groups is 2. The summed E-state index contributed by atoms with van der Waals surface area (Å²) < 4.78 is 0. The van der Waals surface area contributed by atoms with Crippen LogP contribution in [0.3, 0.4) is 0 Å². The fourth-order valence-corrected chi connectivity index (χ4v) is 4.46. The molecule has 0 radical (unpaired) electrons. The van der Waals surface area contributed by atoms with Crippen molar-refractivity contribution in [3.05, 3.63) is 22.4 Å². The summed E-state index contributed by atoms with van der Waals surface area (Å²) in [4.78, 5) is 27.1. The molecule has 2 fully saturated rings. The van der Waals surface area contributed by atoms with Crippen LogP contribution in [-0.2, 0) is 16.1 Å². The molecule has 0 aromatic carbocycles. The van der Waals surface area contributed by atoms with Crippen LogP contribution in [0.1, 0.15) is 31.7 Å². The fraction of sp³-hybridized carbons (Fsp3) is 0.625. The zero-order valence-electron chi connectivity index (χ0n) is 12.8. The van der Waals surface area contributed by atoms with Gasteiger partial charge in [0.05, 0.1) is 0 Å². The highest BCUT2D eigenvalue weighted by Crippen LogP contribution is 2.43. The van der Waals surface area contributed by atoms with Gasteiger partial charge in [-0.1, -0.05) is 0 Å². The van der Waals surface area contributed by atoms with E-state index in [2.05, 4.69) is 21.7 Å². The van der Waals surface area contributed by atoms with E-state index in [1.54, 1.807) is 16.2 Å². The van der Waals surface area contributed by atoms with E-state index in [1.807, 2.05) is 0 Å². The monoisotopic (exact) mass is 322 g/mol. The van der Waals surface area contributed by atoms with Gasteiger partial charge in [-0.2, -0.15) is 11.3 Å². The first-order valence-electron chi connectivity index (χ1n) is 7.73. The summed E-state index contributed by atoms with van der Waals surface area (Å²) >= 11 is 1.72. The third-order valence-electron chi connectivity index (χ3n) is 5.10. The van der Waals surface area contributed by atoms with E-state index in [-0.39, 0.29) is 11.3 Å². The Hall–Kier alpha value is -1.40. The van der Waals surface area contributed by atoms with Crippen LogP contribution >= 0.6 is 11.3 Å². The summed E-state index contributed by atoms with van der Waals surface area (Å²) in [6.07, 6.45) is 2.56. The highest BCUT2D eigenvalue weighted by atomic mass is 32.1. The predicted octanol–water partition coefficient (Wildman–Crippen LogP) is 2.04. The molecule has 0 aliphatic carbocycles. The molecular weight excluding hydrogens is 300 g/mol. The number of piperidine rings is 1. The van der Waals surface area contributed by atoms with Crippen molar-refractivity contribution in [2.75, 3.05) is 19.6 Å². The first-order valence-corrected chi connectivity index (χ1v) is 8.67. The van der Waals surface area contributed by atoms with Crippen molar-refractivity contribution in [1.29, 1.82) is 0 Å². The molecule has 2 aliphatic heterocycles. The molecule has 2 aliphatic rings. The maximum absolute atomic E-state index is 11.7. The smallest absolute Gasteiger partial charge is 0.326 e. The maximum atomic E-state index is 11.7. The number of likely N-dealkylation sites (tertiary alicyclic amines) is 2. The van der Waals surface area contributed by atoms with Crippen molar-refractivity contribution in [2.24, 2.45) is 5.41 Å².